The van der Waals surface area contributed by atoms with Crippen LogP contribution in [0.3, 0.4) is 0 Å². The lowest BCUT2D eigenvalue weighted by Crippen LogP contribution is -2.06. The highest BCUT2D eigenvalue weighted by molar-refractivity contribution is 5.40. The molecular formula is C10H11N3O2. The summed E-state index contributed by atoms with van der Waals surface area (Å²) < 4.78 is 6.94. The Morgan fingerprint density at radius 2 is 2.20 bits per heavy atom. The van der Waals surface area contributed by atoms with Gasteiger partial charge >= 0.3 is 0 Å². The van der Waals surface area contributed by atoms with Gasteiger partial charge in [-0.25, -0.2) is 0 Å². The number of aromatic nitrogens is 2. The van der Waals surface area contributed by atoms with E-state index < -0.39 is 0 Å². The van der Waals surface area contributed by atoms with Crippen molar-refractivity contribution in [1.29, 1.82) is 0 Å². The lowest BCUT2D eigenvalue weighted by atomic mass is 10.3. The Morgan fingerprint density at radius 3 is 2.87 bits per heavy atom. The van der Waals surface area contributed by atoms with Crippen LogP contribution < -0.4 is 10.5 Å². The number of benzene rings is 1. The third kappa shape index (κ3) is 2.08. The zero-order valence-electron chi connectivity index (χ0n) is 8.00. The summed E-state index contributed by atoms with van der Waals surface area (Å²) in [7, 11) is 0. The predicted molar refractivity (Wildman–Crippen MR) is 54.6 cm³/mol. The van der Waals surface area contributed by atoms with Gasteiger partial charge in [-0.15, -0.1) is 0 Å². The molecular weight excluding hydrogens is 194 g/mol. The molecule has 0 amide bonds. The number of ether oxygens (including phenoxy) is 1. The molecule has 2 rings (SSSR count). The molecule has 1 aromatic carbocycles. The maximum absolute atomic E-state index is 9.46. The molecule has 0 atom stereocenters. The third-order valence-corrected chi connectivity index (χ3v) is 1.89. The highest BCUT2D eigenvalue weighted by Gasteiger charge is 2.03. The van der Waals surface area contributed by atoms with Crippen molar-refractivity contribution in [2.75, 3.05) is 0 Å². The standard InChI is InChI=1S/C10H11N3O2/c11-7-13-6-8(5-12-13)15-10-4-2-1-3-9(10)14/h1-6,14H,7,11H2. The summed E-state index contributed by atoms with van der Waals surface area (Å²) in [5.74, 6) is 1.04. The second-order valence-electron chi connectivity index (χ2n) is 2.97. The van der Waals surface area contributed by atoms with Crippen LogP contribution in [0, 0.1) is 0 Å². The maximum atomic E-state index is 9.46. The topological polar surface area (TPSA) is 73.3 Å². The average molecular weight is 205 g/mol. The van der Waals surface area contributed by atoms with Gasteiger partial charge in [-0.2, -0.15) is 5.10 Å². The quantitative estimate of drug-likeness (QED) is 0.792. The van der Waals surface area contributed by atoms with Crippen LogP contribution in [-0.2, 0) is 6.67 Å². The van der Waals surface area contributed by atoms with Crippen molar-refractivity contribution in [3.05, 3.63) is 36.7 Å². The fourth-order valence-corrected chi connectivity index (χ4v) is 1.17. The summed E-state index contributed by atoms with van der Waals surface area (Å²) in [5.41, 5.74) is 5.38. The number of rotatable bonds is 3. The van der Waals surface area contributed by atoms with Gasteiger partial charge in [-0.1, -0.05) is 12.1 Å². The van der Waals surface area contributed by atoms with Crippen molar-refractivity contribution in [2.45, 2.75) is 6.67 Å². The molecule has 5 nitrogen and oxygen atoms in total. The van der Waals surface area contributed by atoms with E-state index in [9.17, 15) is 5.11 Å². The van der Waals surface area contributed by atoms with E-state index in [0.717, 1.165) is 0 Å². The first-order valence-electron chi connectivity index (χ1n) is 4.48. The number of phenols is 1. The minimum atomic E-state index is 0.0954. The lowest BCUT2D eigenvalue weighted by Gasteiger charge is -2.03. The largest absolute Gasteiger partial charge is 0.504 e. The Balaban J connectivity index is 2.18. The van der Waals surface area contributed by atoms with Crippen LogP contribution in [0.4, 0.5) is 0 Å². The normalized spacial score (nSPS) is 10.2. The van der Waals surface area contributed by atoms with Gasteiger partial charge in [0.05, 0.1) is 19.1 Å². The van der Waals surface area contributed by atoms with Gasteiger partial charge in [0.1, 0.15) is 0 Å². The Labute approximate surface area is 86.7 Å². The molecule has 0 fully saturated rings. The van der Waals surface area contributed by atoms with Gasteiger partial charge in [0.15, 0.2) is 17.2 Å². The first kappa shape index (κ1) is 9.54. The highest BCUT2D eigenvalue weighted by atomic mass is 16.5. The molecule has 5 heteroatoms. The number of para-hydroxylation sites is 2. The summed E-state index contributed by atoms with van der Waals surface area (Å²) in [6.07, 6.45) is 3.20. The fraction of sp³-hybridized carbons (Fsp3) is 0.100. The van der Waals surface area contributed by atoms with Gasteiger partial charge in [0, 0.05) is 0 Å². The van der Waals surface area contributed by atoms with Crippen LogP contribution in [0.15, 0.2) is 36.7 Å². The number of nitrogens with two attached hydrogens (primary N) is 1. The van der Waals surface area contributed by atoms with Crippen molar-refractivity contribution in [1.82, 2.24) is 9.78 Å². The van der Waals surface area contributed by atoms with Crippen LogP contribution in [-0.4, -0.2) is 14.9 Å². The molecule has 0 radical (unpaired) electrons. The average Bonchev–Trinajstić information content (AvgIpc) is 2.69. The molecule has 0 saturated heterocycles. The van der Waals surface area contributed by atoms with E-state index >= 15 is 0 Å². The minimum absolute atomic E-state index is 0.0954. The fourth-order valence-electron chi connectivity index (χ4n) is 1.17. The van der Waals surface area contributed by atoms with E-state index in [1.165, 1.54) is 4.68 Å². The van der Waals surface area contributed by atoms with Crippen molar-refractivity contribution in [3.63, 3.8) is 0 Å². The number of aromatic hydroxyl groups is 1. The molecule has 78 valence electrons. The predicted octanol–water partition coefficient (Wildman–Crippen LogP) is 1.30. The second kappa shape index (κ2) is 4.02. The molecule has 0 spiro atoms. The maximum Gasteiger partial charge on any atom is 0.169 e. The van der Waals surface area contributed by atoms with E-state index in [4.69, 9.17) is 10.5 Å². The van der Waals surface area contributed by atoms with E-state index in [1.54, 1.807) is 36.7 Å². The Bertz CT molecular complexity index is 453. The molecule has 0 aliphatic heterocycles. The highest BCUT2D eigenvalue weighted by Crippen LogP contribution is 2.29. The molecule has 0 bridgehead atoms. The third-order valence-electron chi connectivity index (χ3n) is 1.89. The van der Waals surface area contributed by atoms with Crippen molar-refractivity contribution < 1.29 is 9.84 Å². The molecule has 0 aliphatic rings. The Kier molecular flexibility index (Phi) is 2.55. The second-order valence-corrected chi connectivity index (χ2v) is 2.97. The minimum Gasteiger partial charge on any atom is -0.504 e. The van der Waals surface area contributed by atoms with Crippen molar-refractivity contribution >= 4 is 0 Å². The van der Waals surface area contributed by atoms with Gasteiger partial charge in [0.2, 0.25) is 0 Å². The summed E-state index contributed by atoms with van der Waals surface area (Å²) in [6, 6.07) is 6.74. The molecule has 1 heterocycles. The van der Waals surface area contributed by atoms with E-state index in [-0.39, 0.29) is 5.75 Å². The lowest BCUT2D eigenvalue weighted by molar-refractivity contribution is 0.411. The van der Waals surface area contributed by atoms with E-state index in [1.807, 2.05) is 0 Å². The van der Waals surface area contributed by atoms with Gasteiger partial charge in [-0.05, 0) is 12.1 Å². The molecule has 1 aromatic heterocycles. The zero-order chi connectivity index (χ0) is 10.7. The SMILES string of the molecule is NCn1cc(Oc2ccccc2O)cn1. The molecule has 0 unspecified atom stereocenters. The zero-order valence-corrected chi connectivity index (χ0v) is 8.00. The first-order valence-corrected chi connectivity index (χ1v) is 4.48. The van der Waals surface area contributed by atoms with E-state index in [0.29, 0.717) is 18.2 Å². The number of phenolic OH excluding ortho intramolecular Hbond substituents is 1. The van der Waals surface area contributed by atoms with Crippen LogP contribution in [0.1, 0.15) is 0 Å². The first-order chi connectivity index (χ1) is 7.29. The summed E-state index contributed by atoms with van der Waals surface area (Å²) in [4.78, 5) is 0. The molecule has 0 aliphatic carbocycles. The Hall–Kier alpha value is -2.01. The molecule has 2 aromatic rings. The van der Waals surface area contributed by atoms with Crippen LogP contribution in [0.5, 0.6) is 17.2 Å². The van der Waals surface area contributed by atoms with Crippen LogP contribution >= 0.6 is 0 Å². The van der Waals surface area contributed by atoms with Gasteiger partial charge < -0.3 is 15.6 Å². The molecule has 15 heavy (non-hydrogen) atoms. The van der Waals surface area contributed by atoms with Crippen molar-refractivity contribution in [3.8, 4) is 17.2 Å². The Morgan fingerprint density at radius 1 is 1.40 bits per heavy atom. The van der Waals surface area contributed by atoms with Gasteiger partial charge in [-0.3, -0.25) is 4.68 Å². The monoisotopic (exact) mass is 205 g/mol. The van der Waals surface area contributed by atoms with Crippen LogP contribution in [0.2, 0.25) is 0 Å². The molecule has 0 saturated carbocycles. The van der Waals surface area contributed by atoms with Crippen molar-refractivity contribution in [2.24, 2.45) is 5.73 Å². The smallest absolute Gasteiger partial charge is 0.169 e. The summed E-state index contributed by atoms with van der Waals surface area (Å²) in [6.45, 7) is 0.296. The molecule has 3 N–H and O–H groups in total. The van der Waals surface area contributed by atoms with Crippen LogP contribution in [0.25, 0.3) is 0 Å². The summed E-state index contributed by atoms with van der Waals surface area (Å²) in [5, 5.41) is 13.4. The van der Waals surface area contributed by atoms with Gasteiger partial charge in [0.25, 0.3) is 0 Å². The number of nitrogens with zero attached hydrogens (tertiary/aromatic N) is 2. The van der Waals surface area contributed by atoms with E-state index in [2.05, 4.69) is 5.10 Å². The number of hydrogen-bond acceptors (Lipinski definition) is 4. The number of hydrogen-bond donors (Lipinski definition) is 2. The summed E-state index contributed by atoms with van der Waals surface area (Å²) >= 11 is 0.